The smallest absolute Gasteiger partial charge is 0.356 e. The summed E-state index contributed by atoms with van der Waals surface area (Å²) in [5, 5.41) is 5.81. The number of ether oxygens (including phenoxy) is 1. The van der Waals surface area contributed by atoms with E-state index in [4.69, 9.17) is 4.74 Å². The van der Waals surface area contributed by atoms with E-state index < -0.39 is 5.97 Å². The molecule has 0 saturated heterocycles. The second kappa shape index (κ2) is 7.49. The Kier molecular flexibility index (Phi) is 5.15. The van der Waals surface area contributed by atoms with Crippen molar-refractivity contribution in [3.8, 4) is 0 Å². The molecule has 0 unspecified atom stereocenters. The first-order valence-electron chi connectivity index (χ1n) is 8.51. The SMILES string of the molecule is COC(=O)c1[nH]c2ccccc2c1NC(=O)C[NH2+]C1CCCCC1. The number of anilines is 1. The molecule has 1 saturated carbocycles. The maximum atomic E-state index is 12.4. The number of nitrogens with one attached hydrogen (secondary N) is 2. The quantitative estimate of drug-likeness (QED) is 0.730. The summed E-state index contributed by atoms with van der Waals surface area (Å²) >= 11 is 0. The summed E-state index contributed by atoms with van der Waals surface area (Å²) in [6.07, 6.45) is 6.14. The average Bonchev–Trinajstić information content (AvgIpc) is 2.99. The molecular formula is C18H24N3O3+. The van der Waals surface area contributed by atoms with E-state index in [9.17, 15) is 9.59 Å². The Morgan fingerprint density at radius 2 is 2.00 bits per heavy atom. The summed E-state index contributed by atoms with van der Waals surface area (Å²) in [4.78, 5) is 27.4. The van der Waals surface area contributed by atoms with Crippen molar-refractivity contribution in [2.45, 2.75) is 38.1 Å². The van der Waals surface area contributed by atoms with Crippen LogP contribution in [0, 0.1) is 0 Å². The summed E-state index contributed by atoms with van der Waals surface area (Å²) in [6, 6.07) is 8.03. The van der Waals surface area contributed by atoms with Crippen LogP contribution in [0.25, 0.3) is 10.9 Å². The van der Waals surface area contributed by atoms with Crippen LogP contribution in [0.5, 0.6) is 0 Å². The van der Waals surface area contributed by atoms with E-state index in [0.717, 1.165) is 10.9 Å². The van der Waals surface area contributed by atoms with E-state index >= 15 is 0 Å². The minimum absolute atomic E-state index is 0.101. The Hall–Kier alpha value is -2.34. The fourth-order valence-corrected chi connectivity index (χ4v) is 3.36. The van der Waals surface area contributed by atoms with Crippen LogP contribution in [0.4, 0.5) is 5.69 Å². The van der Waals surface area contributed by atoms with Gasteiger partial charge in [0.05, 0.1) is 18.8 Å². The summed E-state index contributed by atoms with van der Waals surface area (Å²) in [7, 11) is 1.33. The van der Waals surface area contributed by atoms with Gasteiger partial charge in [-0.3, -0.25) is 4.79 Å². The molecule has 128 valence electrons. The molecule has 4 N–H and O–H groups in total. The number of hydrogen-bond donors (Lipinski definition) is 3. The number of rotatable bonds is 5. The highest BCUT2D eigenvalue weighted by Gasteiger charge is 2.22. The molecule has 1 amide bonds. The van der Waals surface area contributed by atoms with E-state index in [0.29, 0.717) is 18.3 Å². The van der Waals surface area contributed by atoms with Gasteiger partial charge in [0.1, 0.15) is 5.69 Å². The van der Waals surface area contributed by atoms with E-state index in [1.165, 1.54) is 39.2 Å². The highest BCUT2D eigenvalue weighted by atomic mass is 16.5. The number of quaternary nitrogens is 1. The molecule has 0 atom stereocenters. The minimum Gasteiger partial charge on any atom is -0.464 e. The van der Waals surface area contributed by atoms with Crippen molar-refractivity contribution in [3.63, 3.8) is 0 Å². The normalized spacial score (nSPS) is 15.4. The van der Waals surface area contributed by atoms with Crippen molar-refractivity contribution in [1.29, 1.82) is 0 Å². The van der Waals surface area contributed by atoms with Gasteiger partial charge < -0.3 is 20.4 Å². The third-order valence-electron chi connectivity index (χ3n) is 4.65. The molecular weight excluding hydrogens is 306 g/mol. The summed E-state index contributed by atoms with van der Waals surface area (Å²) < 4.78 is 4.81. The molecule has 0 aliphatic heterocycles. The Morgan fingerprint density at radius 1 is 1.25 bits per heavy atom. The van der Waals surface area contributed by atoms with Crippen molar-refractivity contribution in [1.82, 2.24) is 4.98 Å². The van der Waals surface area contributed by atoms with Crippen LogP contribution in [0.1, 0.15) is 42.6 Å². The van der Waals surface area contributed by atoms with Gasteiger partial charge in [0.25, 0.3) is 5.91 Å². The number of aromatic nitrogens is 1. The molecule has 1 heterocycles. The van der Waals surface area contributed by atoms with Crippen LogP contribution in [0.3, 0.4) is 0 Å². The molecule has 0 radical (unpaired) electrons. The number of benzene rings is 1. The van der Waals surface area contributed by atoms with Gasteiger partial charge in [0, 0.05) is 10.9 Å². The third kappa shape index (κ3) is 3.59. The van der Waals surface area contributed by atoms with E-state index in [-0.39, 0.29) is 11.6 Å². The van der Waals surface area contributed by atoms with Crippen molar-refractivity contribution in [2.24, 2.45) is 0 Å². The second-order valence-corrected chi connectivity index (χ2v) is 6.30. The number of fused-ring (bicyclic) bond motifs is 1. The van der Waals surface area contributed by atoms with Gasteiger partial charge in [-0.1, -0.05) is 24.6 Å². The zero-order chi connectivity index (χ0) is 16.9. The Labute approximate surface area is 141 Å². The van der Waals surface area contributed by atoms with Gasteiger partial charge in [0.15, 0.2) is 6.54 Å². The minimum atomic E-state index is -0.488. The van der Waals surface area contributed by atoms with Crippen LogP contribution < -0.4 is 10.6 Å². The Morgan fingerprint density at radius 3 is 2.75 bits per heavy atom. The lowest BCUT2D eigenvalue weighted by molar-refractivity contribution is -0.681. The van der Waals surface area contributed by atoms with Gasteiger partial charge >= 0.3 is 5.97 Å². The number of H-pyrrole nitrogens is 1. The standard InChI is InChI=1S/C18H23N3O3/c1-24-18(23)17-16(13-9-5-6-10-14(13)20-17)21-15(22)11-19-12-7-3-2-4-8-12/h5-6,9-10,12,19-20H,2-4,7-8,11H2,1H3,(H,21,22)/p+1. The van der Waals surface area contributed by atoms with Gasteiger partial charge in [-0.2, -0.15) is 0 Å². The van der Waals surface area contributed by atoms with Crippen LogP contribution >= 0.6 is 0 Å². The van der Waals surface area contributed by atoms with Crippen molar-refractivity contribution in [2.75, 3.05) is 19.0 Å². The van der Waals surface area contributed by atoms with Crippen molar-refractivity contribution < 1.29 is 19.6 Å². The predicted molar refractivity (Wildman–Crippen MR) is 91.9 cm³/mol. The maximum absolute atomic E-state index is 12.4. The third-order valence-corrected chi connectivity index (χ3v) is 4.65. The number of carbonyl (C=O) groups excluding carboxylic acids is 2. The lowest BCUT2D eigenvalue weighted by Crippen LogP contribution is -2.91. The Balaban J connectivity index is 1.73. The molecule has 0 bridgehead atoms. The number of amides is 1. The van der Waals surface area contributed by atoms with E-state index in [2.05, 4.69) is 15.6 Å². The highest BCUT2D eigenvalue weighted by molar-refractivity contribution is 6.11. The van der Waals surface area contributed by atoms with Crippen LogP contribution in [-0.4, -0.2) is 36.6 Å². The van der Waals surface area contributed by atoms with Gasteiger partial charge in [-0.05, 0) is 31.7 Å². The number of hydrogen-bond acceptors (Lipinski definition) is 3. The van der Waals surface area contributed by atoms with Gasteiger partial charge in [-0.25, -0.2) is 4.79 Å². The number of methoxy groups -OCH3 is 1. The van der Waals surface area contributed by atoms with Crippen LogP contribution in [0.2, 0.25) is 0 Å². The number of esters is 1. The van der Waals surface area contributed by atoms with E-state index in [1.807, 2.05) is 24.3 Å². The molecule has 1 aliphatic carbocycles. The summed E-state index contributed by atoms with van der Waals surface area (Å²) in [5.74, 6) is -0.590. The first-order chi connectivity index (χ1) is 11.7. The Bertz CT molecular complexity index is 732. The molecule has 6 heteroatoms. The molecule has 1 fully saturated rings. The lowest BCUT2D eigenvalue weighted by atomic mass is 9.95. The predicted octanol–water partition coefficient (Wildman–Crippen LogP) is 1.79. The maximum Gasteiger partial charge on any atom is 0.356 e. The zero-order valence-corrected chi connectivity index (χ0v) is 13.9. The molecule has 1 aromatic carbocycles. The monoisotopic (exact) mass is 330 g/mol. The van der Waals surface area contributed by atoms with Crippen LogP contribution in [0.15, 0.2) is 24.3 Å². The fourth-order valence-electron chi connectivity index (χ4n) is 3.36. The lowest BCUT2D eigenvalue weighted by Gasteiger charge is -2.19. The molecule has 2 aromatic rings. The van der Waals surface area contributed by atoms with Gasteiger partial charge in [-0.15, -0.1) is 0 Å². The second-order valence-electron chi connectivity index (χ2n) is 6.30. The average molecular weight is 330 g/mol. The number of nitrogens with two attached hydrogens (primary N) is 1. The molecule has 1 aliphatic rings. The summed E-state index contributed by atoms with van der Waals surface area (Å²) in [5.41, 5.74) is 1.58. The number of carbonyl (C=O) groups is 2. The zero-order valence-electron chi connectivity index (χ0n) is 13.9. The highest BCUT2D eigenvalue weighted by Crippen LogP contribution is 2.28. The number of aromatic amines is 1. The topological polar surface area (TPSA) is 87.8 Å². The fraction of sp³-hybridized carbons (Fsp3) is 0.444. The van der Waals surface area contributed by atoms with Crippen molar-refractivity contribution in [3.05, 3.63) is 30.0 Å². The molecule has 0 spiro atoms. The van der Waals surface area contributed by atoms with Crippen molar-refractivity contribution >= 4 is 28.5 Å². The molecule has 1 aromatic heterocycles. The summed E-state index contributed by atoms with van der Waals surface area (Å²) in [6.45, 7) is 0.366. The molecule has 6 nitrogen and oxygen atoms in total. The first kappa shape index (κ1) is 16.5. The van der Waals surface area contributed by atoms with Gasteiger partial charge in [0.2, 0.25) is 0 Å². The molecule has 24 heavy (non-hydrogen) atoms. The van der Waals surface area contributed by atoms with E-state index in [1.54, 1.807) is 0 Å². The number of para-hydroxylation sites is 1. The first-order valence-corrected chi connectivity index (χ1v) is 8.51. The molecule has 3 rings (SSSR count). The largest absolute Gasteiger partial charge is 0.464 e. The van der Waals surface area contributed by atoms with Crippen LogP contribution in [-0.2, 0) is 9.53 Å².